The van der Waals surface area contributed by atoms with Crippen molar-refractivity contribution >= 4 is 22.9 Å². The molecule has 0 bridgehead atoms. The van der Waals surface area contributed by atoms with E-state index in [1.165, 1.54) is 24.1 Å². The highest BCUT2D eigenvalue weighted by Crippen LogP contribution is 2.42. The van der Waals surface area contributed by atoms with E-state index >= 15 is 0 Å². The molecule has 0 radical (unpaired) electrons. The first-order valence-electron chi connectivity index (χ1n) is 6.52. The fourth-order valence-corrected chi connectivity index (χ4v) is 4.77. The minimum atomic E-state index is 0.438. The zero-order valence-electron chi connectivity index (χ0n) is 10.9. The van der Waals surface area contributed by atoms with Gasteiger partial charge in [-0.25, -0.2) is 0 Å². The molecule has 1 aliphatic rings. The topological polar surface area (TPSA) is 12.0 Å². The van der Waals surface area contributed by atoms with Crippen molar-refractivity contribution in [1.29, 1.82) is 0 Å². The molecule has 2 rings (SSSR count). The Balaban J connectivity index is 2.15. The molecule has 1 fully saturated rings. The molecule has 1 nitrogen and oxygen atoms in total. The number of nitrogens with one attached hydrogen (secondary N) is 1. The summed E-state index contributed by atoms with van der Waals surface area (Å²) < 4.78 is 0. The van der Waals surface area contributed by atoms with Gasteiger partial charge < -0.3 is 5.32 Å². The van der Waals surface area contributed by atoms with E-state index in [1.54, 1.807) is 11.3 Å². The van der Waals surface area contributed by atoms with Crippen molar-refractivity contribution in [3.8, 4) is 0 Å². The van der Waals surface area contributed by atoms with Crippen LogP contribution in [0.2, 0.25) is 5.02 Å². The van der Waals surface area contributed by atoms with Crippen molar-refractivity contribution in [2.75, 3.05) is 7.05 Å². The van der Waals surface area contributed by atoms with E-state index in [9.17, 15) is 0 Å². The van der Waals surface area contributed by atoms with Crippen molar-refractivity contribution in [3.63, 3.8) is 0 Å². The van der Waals surface area contributed by atoms with Gasteiger partial charge in [0, 0.05) is 10.9 Å². The Morgan fingerprint density at radius 1 is 1.29 bits per heavy atom. The molecule has 96 valence electrons. The van der Waals surface area contributed by atoms with Crippen LogP contribution in [-0.4, -0.2) is 7.05 Å². The summed E-state index contributed by atoms with van der Waals surface area (Å²) in [7, 11) is 2.06. The fraction of sp³-hybridized carbons (Fsp3) is 0.714. The first kappa shape index (κ1) is 13.4. The lowest BCUT2D eigenvalue weighted by Crippen LogP contribution is -2.31. The predicted molar refractivity (Wildman–Crippen MR) is 76.8 cm³/mol. The molecule has 1 saturated carbocycles. The summed E-state index contributed by atoms with van der Waals surface area (Å²) in [5.74, 6) is 2.42. The quantitative estimate of drug-likeness (QED) is 0.838. The smallest absolute Gasteiger partial charge is 0.0561 e. The van der Waals surface area contributed by atoms with Crippen LogP contribution in [0.1, 0.15) is 44.0 Å². The molecule has 0 amide bonds. The maximum absolute atomic E-state index is 6.28. The summed E-state index contributed by atoms with van der Waals surface area (Å²) >= 11 is 8.06. The molecule has 3 heteroatoms. The largest absolute Gasteiger partial charge is 0.312 e. The van der Waals surface area contributed by atoms with Gasteiger partial charge in [0.1, 0.15) is 0 Å². The molecule has 0 spiro atoms. The lowest BCUT2D eigenvalue weighted by atomic mass is 9.73. The maximum atomic E-state index is 6.28. The molecule has 1 heterocycles. The molecule has 3 atom stereocenters. The Labute approximate surface area is 114 Å². The first-order valence-corrected chi connectivity index (χ1v) is 7.77. The van der Waals surface area contributed by atoms with Crippen LogP contribution in [0.15, 0.2) is 11.4 Å². The van der Waals surface area contributed by atoms with Crippen LogP contribution in [-0.2, 0) is 0 Å². The zero-order valence-corrected chi connectivity index (χ0v) is 12.4. The summed E-state index contributed by atoms with van der Waals surface area (Å²) in [4.78, 5) is 1.32. The van der Waals surface area contributed by atoms with Gasteiger partial charge in [-0.1, -0.05) is 25.4 Å². The molecule has 1 aromatic heterocycles. The minimum Gasteiger partial charge on any atom is -0.312 e. The van der Waals surface area contributed by atoms with Gasteiger partial charge in [0.05, 0.1) is 5.02 Å². The Morgan fingerprint density at radius 2 is 1.94 bits per heavy atom. The van der Waals surface area contributed by atoms with Gasteiger partial charge in [-0.05, 0) is 55.5 Å². The van der Waals surface area contributed by atoms with E-state index in [-0.39, 0.29) is 0 Å². The van der Waals surface area contributed by atoms with Crippen molar-refractivity contribution in [2.45, 2.75) is 39.2 Å². The van der Waals surface area contributed by atoms with Crippen LogP contribution in [0.4, 0.5) is 0 Å². The van der Waals surface area contributed by atoms with Gasteiger partial charge in [0.15, 0.2) is 0 Å². The number of hydrogen-bond donors (Lipinski definition) is 1. The predicted octanol–water partition coefficient (Wildman–Crippen LogP) is 4.73. The van der Waals surface area contributed by atoms with E-state index in [0.29, 0.717) is 6.04 Å². The minimum absolute atomic E-state index is 0.438. The van der Waals surface area contributed by atoms with Gasteiger partial charge in [-0.3, -0.25) is 0 Å². The van der Waals surface area contributed by atoms with Crippen LogP contribution in [0.25, 0.3) is 0 Å². The van der Waals surface area contributed by atoms with Crippen molar-refractivity contribution in [1.82, 2.24) is 5.32 Å². The molecule has 1 N–H and O–H groups in total. The van der Waals surface area contributed by atoms with Crippen LogP contribution >= 0.6 is 22.9 Å². The third kappa shape index (κ3) is 3.04. The Hall–Kier alpha value is -0.0500. The molecule has 1 aromatic rings. The van der Waals surface area contributed by atoms with E-state index in [2.05, 4.69) is 31.6 Å². The zero-order chi connectivity index (χ0) is 12.4. The third-order valence-electron chi connectivity index (χ3n) is 3.92. The monoisotopic (exact) mass is 271 g/mol. The summed E-state index contributed by atoms with van der Waals surface area (Å²) in [5.41, 5.74) is 0. The molecule has 0 aromatic carbocycles. The van der Waals surface area contributed by atoms with Gasteiger partial charge in [0.2, 0.25) is 0 Å². The lowest BCUT2D eigenvalue weighted by Gasteiger charge is -2.36. The summed E-state index contributed by atoms with van der Waals surface area (Å²) in [6, 6.07) is 2.45. The second-order valence-electron chi connectivity index (χ2n) is 5.58. The Morgan fingerprint density at radius 3 is 2.41 bits per heavy atom. The number of rotatable bonds is 3. The van der Waals surface area contributed by atoms with Crippen LogP contribution in [0.5, 0.6) is 0 Å². The van der Waals surface area contributed by atoms with Crippen molar-refractivity contribution < 1.29 is 0 Å². The molecule has 17 heavy (non-hydrogen) atoms. The third-order valence-corrected chi connectivity index (χ3v) is 5.37. The molecule has 1 aliphatic carbocycles. The average Bonchev–Trinajstić information content (AvgIpc) is 2.65. The van der Waals surface area contributed by atoms with Gasteiger partial charge in [-0.15, -0.1) is 11.3 Å². The highest BCUT2D eigenvalue weighted by atomic mass is 35.5. The van der Waals surface area contributed by atoms with Crippen molar-refractivity contribution in [3.05, 3.63) is 21.3 Å². The van der Waals surface area contributed by atoms with E-state index < -0.39 is 0 Å². The first-order chi connectivity index (χ1) is 8.11. The number of hydrogen-bond acceptors (Lipinski definition) is 2. The van der Waals surface area contributed by atoms with E-state index in [4.69, 9.17) is 11.6 Å². The number of thiophene rings is 1. The normalized spacial score (nSPS) is 31.4. The maximum Gasteiger partial charge on any atom is 0.0561 e. The summed E-state index contributed by atoms with van der Waals surface area (Å²) in [5, 5.41) is 6.51. The Bertz CT molecular complexity index is 353. The Kier molecular flexibility index (Phi) is 4.51. The van der Waals surface area contributed by atoms with Gasteiger partial charge in [-0.2, -0.15) is 0 Å². The van der Waals surface area contributed by atoms with Crippen LogP contribution in [0, 0.1) is 17.8 Å². The fourth-order valence-electron chi connectivity index (χ4n) is 3.39. The van der Waals surface area contributed by atoms with Gasteiger partial charge >= 0.3 is 0 Å². The standard InChI is InChI=1S/C14H22ClNS/c1-9-6-10(2)8-11(7-9)13(16-3)14-12(15)4-5-17-14/h4-5,9-11,13,16H,6-8H2,1-3H3. The van der Waals surface area contributed by atoms with Crippen LogP contribution in [0.3, 0.4) is 0 Å². The highest BCUT2D eigenvalue weighted by Gasteiger charge is 2.31. The average molecular weight is 272 g/mol. The molecule has 0 aliphatic heterocycles. The second kappa shape index (κ2) is 5.73. The van der Waals surface area contributed by atoms with Crippen LogP contribution < -0.4 is 5.32 Å². The SMILES string of the molecule is CNC(c1sccc1Cl)C1CC(C)CC(C)C1. The number of halogens is 1. The molecular formula is C14H22ClNS. The summed E-state index contributed by atoms with van der Waals surface area (Å²) in [6.45, 7) is 4.76. The molecular weight excluding hydrogens is 250 g/mol. The summed E-state index contributed by atoms with van der Waals surface area (Å²) in [6.07, 6.45) is 4.03. The molecule has 3 unspecified atom stereocenters. The highest BCUT2D eigenvalue weighted by molar-refractivity contribution is 7.10. The van der Waals surface area contributed by atoms with Gasteiger partial charge in [0.25, 0.3) is 0 Å². The lowest BCUT2D eigenvalue weighted by molar-refractivity contribution is 0.182. The van der Waals surface area contributed by atoms with Crippen molar-refractivity contribution in [2.24, 2.45) is 17.8 Å². The van der Waals surface area contributed by atoms with E-state index in [0.717, 1.165) is 22.8 Å². The van der Waals surface area contributed by atoms with E-state index in [1.807, 2.05) is 6.07 Å². The molecule has 0 saturated heterocycles. The second-order valence-corrected chi connectivity index (χ2v) is 6.93.